The van der Waals surface area contributed by atoms with Gasteiger partial charge in [0, 0.05) is 0 Å². The Hall–Kier alpha value is -1.50. The summed E-state index contributed by atoms with van der Waals surface area (Å²) in [7, 11) is 0. The van der Waals surface area contributed by atoms with Crippen LogP contribution >= 0.6 is 0 Å². The summed E-state index contributed by atoms with van der Waals surface area (Å²) in [6.07, 6.45) is 8.02. The molecule has 0 radical (unpaired) electrons. The summed E-state index contributed by atoms with van der Waals surface area (Å²) in [6, 6.07) is -0.216. The average Bonchev–Trinajstić information content (AvgIpc) is 2.65. The van der Waals surface area contributed by atoms with Gasteiger partial charge in [0.2, 0.25) is 0 Å². The monoisotopic (exact) mass is 205 g/mol. The van der Waals surface area contributed by atoms with Gasteiger partial charge in [0.1, 0.15) is 11.4 Å². The summed E-state index contributed by atoms with van der Waals surface area (Å²) < 4.78 is 0. The summed E-state index contributed by atoms with van der Waals surface area (Å²) in [5, 5.41) is 10.5. The highest BCUT2D eigenvalue weighted by Gasteiger charge is 2.52. The number of terminal acetylenes is 1. The van der Waals surface area contributed by atoms with Crippen LogP contribution in [0.1, 0.15) is 26.2 Å². The molecule has 0 bridgehead atoms. The summed E-state index contributed by atoms with van der Waals surface area (Å²) >= 11 is 0. The van der Waals surface area contributed by atoms with Crippen molar-refractivity contribution in [2.45, 2.75) is 31.7 Å². The van der Waals surface area contributed by atoms with Crippen molar-refractivity contribution in [3.63, 3.8) is 0 Å². The van der Waals surface area contributed by atoms with Crippen molar-refractivity contribution >= 4 is 11.9 Å². The minimum absolute atomic E-state index is 0.216. The Morgan fingerprint density at radius 2 is 2.53 bits per heavy atom. The first-order valence-electron chi connectivity index (χ1n) is 5.21. The van der Waals surface area contributed by atoms with E-state index in [9.17, 15) is 4.79 Å². The molecule has 2 amide bonds. The van der Waals surface area contributed by atoms with Gasteiger partial charge in [-0.15, -0.1) is 6.42 Å². The van der Waals surface area contributed by atoms with Crippen LogP contribution in [0.3, 0.4) is 0 Å². The molecule has 2 fully saturated rings. The number of carbonyl (C=O) groups excluding carboxylic acids is 1. The molecule has 1 heterocycles. The van der Waals surface area contributed by atoms with Crippen molar-refractivity contribution in [3.05, 3.63) is 0 Å². The maximum atomic E-state index is 11.6. The third-order valence-corrected chi connectivity index (χ3v) is 3.45. The SMILES string of the molecule is C#CCN1C(=O)NC(=N)C12CCC(C)C2. The predicted molar refractivity (Wildman–Crippen MR) is 57.5 cm³/mol. The second-order valence-electron chi connectivity index (χ2n) is 4.47. The Morgan fingerprint density at radius 1 is 1.80 bits per heavy atom. The van der Waals surface area contributed by atoms with Crippen LogP contribution in [-0.4, -0.2) is 28.9 Å². The fourth-order valence-corrected chi connectivity index (χ4v) is 2.67. The third kappa shape index (κ3) is 1.30. The lowest BCUT2D eigenvalue weighted by Crippen LogP contribution is -2.47. The van der Waals surface area contributed by atoms with Crippen LogP contribution in [0.2, 0.25) is 0 Å². The highest BCUT2D eigenvalue weighted by atomic mass is 16.2. The number of rotatable bonds is 1. The minimum atomic E-state index is -0.428. The maximum absolute atomic E-state index is 11.6. The molecule has 2 atom stereocenters. The average molecular weight is 205 g/mol. The molecule has 1 saturated carbocycles. The molecule has 2 rings (SSSR count). The number of hydrogen-bond donors (Lipinski definition) is 2. The molecular formula is C11H15N3O. The summed E-state index contributed by atoms with van der Waals surface area (Å²) in [4.78, 5) is 13.3. The van der Waals surface area contributed by atoms with Gasteiger partial charge in [0.05, 0.1) is 6.54 Å². The van der Waals surface area contributed by atoms with Crippen LogP contribution in [0.25, 0.3) is 0 Å². The van der Waals surface area contributed by atoms with E-state index in [1.165, 1.54) is 0 Å². The number of nitrogens with zero attached hydrogens (tertiary/aromatic N) is 1. The van der Waals surface area contributed by atoms with Gasteiger partial charge < -0.3 is 4.90 Å². The van der Waals surface area contributed by atoms with E-state index in [2.05, 4.69) is 18.2 Å². The van der Waals surface area contributed by atoms with Gasteiger partial charge in [-0.25, -0.2) is 4.79 Å². The van der Waals surface area contributed by atoms with Crippen molar-refractivity contribution in [1.82, 2.24) is 10.2 Å². The van der Waals surface area contributed by atoms with Crippen molar-refractivity contribution in [1.29, 1.82) is 5.41 Å². The fourth-order valence-electron chi connectivity index (χ4n) is 2.67. The maximum Gasteiger partial charge on any atom is 0.324 e. The number of amidine groups is 1. The van der Waals surface area contributed by atoms with Crippen LogP contribution < -0.4 is 5.32 Å². The lowest BCUT2D eigenvalue weighted by atomic mass is 9.94. The molecule has 0 aromatic heterocycles. The number of amides is 2. The molecule has 80 valence electrons. The Bertz CT molecular complexity index is 357. The van der Waals surface area contributed by atoms with Gasteiger partial charge in [0.25, 0.3) is 0 Å². The van der Waals surface area contributed by atoms with E-state index >= 15 is 0 Å². The van der Waals surface area contributed by atoms with Crippen molar-refractivity contribution in [3.8, 4) is 12.3 Å². The van der Waals surface area contributed by atoms with E-state index in [-0.39, 0.29) is 6.03 Å². The number of urea groups is 1. The topological polar surface area (TPSA) is 56.2 Å². The molecule has 1 aliphatic carbocycles. The smallest absolute Gasteiger partial charge is 0.300 e. The molecule has 4 heteroatoms. The molecule has 15 heavy (non-hydrogen) atoms. The van der Waals surface area contributed by atoms with Gasteiger partial charge >= 0.3 is 6.03 Å². The Kier molecular flexibility index (Phi) is 2.18. The molecular weight excluding hydrogens is 190 g/mol. The standard InChI is InChI=1S/C11H15N3O/c1-3-6-14-10(15)13-9(12)11(14)5-4-8(2)7-11/h1,8H,4-7H2,2H3,(H2,12,13,15). The summed E-state index contributed by atoms with van der Waals surface area (Å²) in [6.45, 7) is 2.44. The summed E-state index contributed by atoms with van der Waals surface area (Å²) in [5.74, 6) is 3.38. The molecule has 4 nitrogen and oxygen atoms in total. The number of hydrogen-bond acceptors (Lipinski definition) is 2. The zero-order valence-corrected chi connectivity index (χ0v) is 8.84. The largest absolute Gasteiger partial charge is 0.324 e. The normalized spacial score (nSPS) is 34.7. The van der Waals surface area contributed by atoms with Crippen molar-refractivity contribution in [2.75, 3.05) is 6.54 Å². The molecule has 1 spiro atoms. The van der Waals surface area contributed by atoms with Gasteiger partial charge in [-0.2, -0.15) is 0 Å². The summed E-state index contributed by atoms with van der Waals surface area (Å²) in [5.41, 5.74) is -0.428. The lowest BCUT2D eigenvalue weighted by Gasteiger charge is -2.31. The van der Waals surface area contributed by atoms with E-state index < -0.39 is 5.54 Å². The van der Waals surface area contributed by atoms with Gasteiger partial charge in [-0.05, 0) is 25.2 Å². The minimum Gasteiger partial charge on any atom is -0.300 e. The highest BCUT2D eigenvalue weighted by Crippen LogP contribution is 2.41. The Balaban J connectivity index is 2.31. The van der Waals surface area contributed by atoms with Crippen LogP contribution in [0.5, 0.6) is 0 Å². The zero-order chi connectivity index (χ0) is 11.1. The van der Waals surface area contributed by atoms with E-state index in [0.717, 1.165) is 19.3 Å². The van der Waals surface area contributed by atoms with Crippen LogP contribution in [-0.2, 0) is 0 Å². The first-order chi connectivity index (χ1) is 7.10. The van der Waals surface area contributed by atoms with Gasteiger partial charge in [-0.3, -0.25) is 10.7 Å². The third-order valence-electron chi connectivity index (χ3n) is 3.45. The van der Waals surface area contributed by atoms with Crippen molar-refractivity contribution < 1.29 is 4.79 Å². The van der Waals surface area contributed by atoms with Crippen molar-refractivity contribution in [2.24, 2.45) is 5.92 Å². The van der Waals surface area contributed by atoms with Gasteiger partial charge in [0.15, 0.2) is 0 Å². The van der Waals surface area contributed by atoms with Crippen LogP contribution in [0, 0.1) is 23.7 Å². The van der Waals surface area contributed by atoms with E-state index in [1.54, 1.807) is 4.90 Å². The van der Waals surface area contributed by atoms with Gasteiger partial charge in [-0.1, -0.05) is 12.8 Å². The predicted octanol–water partition coefficient (Wildman–Crippen LogP) is 1.18. The molecule has 2 N–H and O–H groups in total. The zero-order valence-electron chi connectivity index (χ0n) is 8.84. The van der Waals surface area contributed by atoms with E-state index in [4.69, 9.17) is 11.8 Å². The second kappa shape index (κ2) is 3.27. The molecule has 2 aliphatic rings. The fraction of sp³-hybridized carbons (Fsp3) is 0.636. The molecule has 2 unspecified atom stereocenters. The van der Waals surface area contributed by atoms with Crippen LogP contribution in [0.4, 0.5) is 4.79 Å². The van der Waals surface area contributed by atoms with E-state index in [1.807, 2.05) is 0 Å². The first-order valence-corrected chi connectivity index (χ1v) is 5.21. The molecule has 1 aliphatic heterocycles. The number of nitrogens with one attached hydrogen (secondary N) is 2. The second-order valence-corrected chi connectivity index (χ2v) is 4.47. The quantitative estimate of drug-likeness (QED) is 0.620. The molecule has 0 aromatic rings. The highest BCUT2D eigenvalue weighted by molar-refractivity contribution is 6.08. The van der Waals surface area contributed by atoms with E-state index in [0.29, 0.717) is 18.3 Å². The Morgan fingerprint density at radius 3 is 3.07 bits per heavy atom. The number of carbonyl (C=O) groups is 1. The molecule has 0 aromatic carbocycles. The lowest BCUT2D eigenvalue weighted by molar-refractivity contribution is 0.183. The molecule has 1 saturated heterocycles. The van der Waals surface area contributed by atoms with Crippen LogP contribution in [0.15, 0.2) is 0 Å². The first kappa shape index (κ1) is 10.0. The Labute approximate surface area is 89.5 Å².